The highest BCUT2D eigenvalue weighted by Gasteiger charge is 2.66. The van der Waals surface area contributed by atoms with Gasteiger partial charge >= 0.3 is 12.2 Å². The standard InChI is InChI=1S/C21H22ClF3N4O2/c1-11-27-28-18(31-11)20-9-13(21(23,24)25)7-15(10-20)29(20)19(30)26-14-5-6-17(22)16(8-14)12-3-2-4-12/h5-6,8,12-13,15H,2-4,7,9-10H2,1H3,(H,26,30). The van der Waals surface area contributed by atoms with Gasteiger partial charge in [-0.2, -0.15) is 13.2 Å². The predicted molar refractivity (Wildman–Crippen MR) is 107 cm³/mol. The minimum Gasteiger partial charge on any atom is -0.423 e. The van der Waals surface area contributed by atoms with Gasteiger partial charge in [0.25, 0.3) is 0 Å². The van der Waals surface area contributed by atoms with Gasteiger partial charge in [0.15, 0.2) is 0 Å². The largest absolute Gasteiger partial charge is 0.423 e. The van der Waals surface area contributed by atoms with Crippen LogP contribution in [0.3, 0.4) is 0 Å². The van der Waals surface area contributed by atoms with Crippen molar-refractivity contribution >= 4 is 23.3 Å². The Labute approximate surface area is 182 Å². The Kier molecular flexibility index (Phi) is 4.73. The SMILES string of the molecule is Cc1nnc(C23CC(CC(C(F)(F)F)C2)N3C(=O)Nc2ccc(Cl)c(C3CCC3)c2)o1. The minimum absolute atomic E-state index is 0.0663. The number of rotatable bonds is 3. The molecule has 0 spiro atoms. The Morgan fingerprint density at radius 1 is 1.29 bits per heavy atom. The van der Waals surface area contributed by atoms with E-state index >= 15 is 0 Å². The van der Waals surface area contributed by atoms with E-state index in [1.807, 2.05) is 6.07 Å². The van der Waals surface area contributed by atoms with Gasteiger partial charge in [0.1, 0.15) is 5.54 Å². The maximum Gasteiger partial charge on any atom is 0.392 e. The second-order valence-corrected chi connectivity index (χ2v) is 9.27. The van der Waals surface area contributed by atoms with Gasteiger partial charge in [-0.25, -0.2) is 4.79 Å². The van der Waals surface area contributed by atoms with E-state index in [1.54, 1.807) is 19.1 Å². The fourth-order valence-electron chi connectivity index (χ4n) is 5.22. The van der Waals surface area contributed by atoms with Crippen molar-refractivity contribution in [2.45, 2.75) is 69.1 Å². The van der Waals surface area contributed by atoms with Crippen molar-refractivity contribution in [1.29, 1.82) is 0 Å². The first kappa shape index (κ1) is 20.6. The van der Waals surface area contributed by atoms with Crippen molar-refractivity contribution in [3.63, 3.8) is 0 Å². The summed E-state index contributed by atoms with van der Waals surface area (Å²) in [5, 5.41) is 11.3. The molecule has 1 saturated heterocycles. The first-order chi connectivity index (χ1) is 14.7. The number of anilines is 1. The van der Waals surface area contributed by atoms with Crippen molar-refractivity contribution in [2.24, 2.45) is 5.92 Å². The van der Waals surface area contributed by atoms with Gasteiger partial charge in [-0.05, 0) is 55.4 Å². The van der Waals surface area contributed by atoms with Gasteiger partial charge in [-0.15, -0.1) is 10.2 Å². The number of halogens is 4. The molecule has 2 saturated carbocycles. The number of aromatic nitrogens is 2. The lowest BCUT2D eigenvalue weighted by atomic mass is 9.63. The fourth-order valence-corrected chi connectivity index (χ4v) is 5.49. The van der Waals surface area contributed by atoms with E-state index in [1.165, 1.54) is 4.90 Å². The van der Waals surface area contributed by atoms with E-state index in [0.29, 0.717) is 23.0 Å². The topological polar surface area (TPSA) is 71.3 Å². The molecule has 3 aliphatic rings. The van der Waals surface area contributed by atoms with E-state index in [-0.39, 0.29) is 24.6 Å². The number of piperidine rings is 1. The molecule has 5 rings (SSSR count). The predicted octanol–water partition coefficient (Wildman–Crippen LogP) is 5.77. The molecule has 3 fully saturated rings. The van der Waals surface area contributed by atoms with E-state index < -0.39 is 29.7 Å². The summed E-state index contributed by atoms with van der Waals surface area (Å²) in [6.07, 6.45) is -1.10. The lowest BCUT2D eigenvalue weighted by Gasteiger charge is -2.61. The zero-order valence-electron chi connectivity index (χ0n) is 16.9. The number of amides is 2. The zero-order valence-corrected chi connectivity index (χ0v) is 17.6. The van der Waals surface area contributed by atoms with Crippen LogP contribution >= 0.6 is 11.6 Å². The van der Waals surface area contributed by atoms with Crippen LogP contribution in [0.2, 0.25) is 5.02 Å². The van der Waals surface area contributed by atoms with E-state index in [2.05, 4.69) is 15.5 Å². The molecule has 10 heteroatoms. The van der Waals surface area contributed by atoms with Gasteiger partial charge in [-0.3, -0.25) is 0 Å². The summed E-state index contributed by atoms with van der Waals surface area (Å²) < 4.78 is 46.0. The Morgan fingerprint density at radius 2 is 2.06 bits per heavy atom. The number of likely N-dealkylation sites (tertiary alicyclic amines) is 1. The van der Waals surface area contributed by atoms with Crippen LogP contribution in [-0.2, 0) is 5.54 Å². The summed E-state index contributed by atoms with van der Waals surface area (Å²) in [6, 6.07) is 4.32. The summed E-state index contributed by atoms with van der Waals surface area (Å²) in [4.78, 5) is 14.7. The van der Waals surface area contributed by atoms with Gasteiger partial charge in [0.05, 0.1) is 5.92 Å². The van der Waals surface area contributed by atoms with Crippen LogP contribution in [0.25, 0.3) is 0 Å². The Balaban J connectivity index is 1.42. The molecule has 2 amide bonds. The molecule has 6 nitrogen and oxygen atoms in total. The van der Waals surface area contributed by atoms with Crippen molar-refractivity contribution < 1.29 is 22.4 Å². The third-order valence-corrected chi connectivity index (χ3v) is 7.28. The second kappa shape index (κ2) is 7.12. The average Bonchev–Trinajstić information content (AvgIpc) is 3.09. The molecule has 2 bridgehead atoms. The average molecular weight is 455 g/mol. The van der Waals surface area contributed by atoms with Gasteiger partial charge < -0.3 is 14.6 Å². The van der Waals surface area contributed by atoms with E-state index in [4.69, 9.17) is 16.0 Å². The number of carbonyl (C=O) groups is 1. The third-order valence-electron chi connectivity index (χ3n) is 6.94. The number of alkyl halides is 3. The molecule has 0 radical (unpaired) electrons. The van der Waals surface area contributed by atoms with Crippen LogP contribution in [0.5, 0.6) is 0 Å². The monoisotopic (exact) mass is 454 g/mol. The minimum atomic E-state index is -4.34. The first-order valence-corrected chi connectivity index (χ1v) is 10.8. The number of fused-ring (bicyclic) bond motifs is 2. The normalized spacial score (nSPS) is 28.1. The molecule has 3 unspecified atom stereocenters. The second-order valence-electron chi connectivity index (χ2n) is 8.86. The molecular formula is C21H22ClF3N4O2. The van der Waals surface area contributed by atoms with Crippen LogP contribution in [0.1, 0.15) is 61.8 Å². The molecule has 31 heavy (non-hydrogen) atoms. The van der Waals surface area contributed by atoms with Crippen LogP contribution < -0.4 is 5.32 Å². The number of nitrogens with zero attached hydrogens (tertiary/aromatic N) is 3. The number of benzene rings is 1. The van der Waals surface area contributed by atoms with Crippen LogP contribution in [0, 0.1) is 12.8 Å². The third kappa shape index (κ3) is 3.37. The summed E-state index contributed by atoms with van der Waals surface area (Å²) in [6.45, 7) is 1.58. The maximum atomic E-state index is 13.5. The number of carbonyl (C=O) groups excluding carboxylic acids is 1. The Hall–Kier alpha value is -2.29. The van der Waals surface area contributed by atoms with Crippen molar-refractivity contribution in [1.82, 2.24) is 15.1 Å². The Morgan fingerprint density at radius 3 is 2.68 bits per heavy atom. The highest BCUT2D eigenvalue weighted by atomic mass is 35.5. The summed E-state index contributed by atoms with van der Waals surface area (Å²) >= 11 is 6.33. The molecule has 2 aliphatic carbocycles. The number of hydrogen-bond acceptors (Lipinski definition) is 4. The van der Waals surface area contributed by atoms with Gasteiger partial charge in [0.2, 0.25) is 11.8 Å². The van der Waals surface area contributed by atoms with Crippen molar-refractivity contribution in [3.05, 3.63) is 40.6 Å². The molecule has 3 atom stereocenters. The van der Waals surface area contributed by atoms with Crippen molar-refractivity contribution in [2.75, 3.05) is 5.32 Å². The zero-order chi connectivity index (χ0) is 22.0. The van der Waals surface area contributed by atoms with E-state index in [0.717, 1.165) is 24.8 Å². The highest BCUT2D eigenvalue weighted by Crippen LogP contribution is 2.58. The van der Waals surface area contributed by atoms with Crippen LogP contribution in [0.15, 0.2) is 22.6 Å². The summed E-state index contributed by atoms with van der Waals surface area (Å²) in [5.41, 5.74) is 0.330. The smallest absolute Gasteiger partial charge is 0.392 e. The van der Waals surface area contributed by atoms with Crippen LogP contribution in [0.4, 0.5) is 23.7 Å². The number of urea groups is 1. The maximum absolute atomic E-state index is 13.5. The summed E-state index contributed by atoms with van der Waals surface area (Å²) in [5.74, 6) is -0.807. The van der Waals surface area contributed by atoms with Crippen LogP contribution in [-0.4, -0.2) is 33.3 Å². The molecule has 2 heterocycles. The summed E-state index contributed by atoms with van der Waals surface area (Å²) in [7, 11) is 0. The number of aryl methyl sites for hydroxylation is 1. The molecule has 1 aromatic heterocycles. The molecule has 1 aliphatic heterocycles. The fraction of sp³-hybridized carbons (Fsp3) is 0.571. The molecular weight excluding hydrogens is 433 g/mol. The van der Waals surface area contributed by atoms with E-state index in [9.17, 15) is 18.0 Å². The van der Waals surface area contributed by atoms with Gasteiger partial charge in [-0.1, -0.05) is 18.0 Å². The van der Waals surface area contributed by atoms with Gasteiger partial charge in [0, 0.05) is 30.1 Å². The van der Waals surface area contributed by atoms with Crippen molar-refractivity contribution in [3.8, 4) is 0 Å². The number of nitrogens with one attached hydrogen (secondary N) is 1. The first-order valence-electron chi connectivity index (χ1n) is 10.4. The number of hydrogen-bond donors (Lipinski definition) is 1. The highest BCUT2D eigenvalue weighted by molar-refractivity contribution is 6.31. The Bertz CT molecular complexity index is 1020. The molecule has 166 valence electrons. The molecule has 2 aromatic rings. The molecule has 1 N–H and O–H groups in total. The lowest BCUT2D eigenvalue weighted by Crippen LogP contribution is -2.71. The quantitative estimate of drug-likeness (QED) is 0.638. The molecule has 1 aromatic carbocycles. The lowest BCUT2D eigenvalue weighted by molar-refractivity contribution is -0.229.